The molecule has 0 saturated heterocycles. The zero-order valence-electron chi connectivity index (χ0n) is 12.8. The van der Waals surface area contributed by atoms with Gasteiger partial charge in [0.1, 0.15) is 5.82 Å². The van der Waals surface area contributed by atoms with Gasteiger partial charge in [0.05, 0.1) is 6.61 Å². The molecule has 1 atom stereocenters. The summed E-state index contributed by atoms with van der Waals surface area (Å²) in [5, 5.41) is 3.42. The first kappa shape index (κ1) is 15.7. The van der Waals surface area contributed by atoms with Crippen LogP contribution in [0.15, 0.2) is 42.5 Å². The van der Waals surface area contributed by atoms with E-state index in [-0.39, 0.29) is 11.9 Å². The van der Waals surface area contributed by atoms with Crippen molar-refractivity contribution < 1.29 is 9.13 Å². The van der Waals surface area contributed by atoms with Crippen molar-refractivity contribution in [1.82, 2.24) is 5.32 Å². The lowest BCUT2D eigenvalue weighted by Gasteiger charge is -2.15. The van der Waals surface area contributed by atoms with E-state index in [1.165, 1.54) is 5.56 Å². The molecule has 0 aliphatic rings. The first-order chi connectivity index (χ1) is 10.1. The fourth-order valence-corrected chi connectivity index (χ4v) is 2.19. The number of nitrogens with one attached hydrogen (secondary N) is 1. The van der Waals surface area contributed by atoms with Crippen LogP contribution in [-0.4, -0.2) is 7.11 Å². The molecule has 0 radical (unpaired) electrons. The van der Waals surface area contributed by atoms with Crippen LogP contribution < -0.4 is 5.32 Å². The summed E-state index contributed by atoms with van der Waals surface area (Å²) in [6, 6.07) is 13.8. The molecule has 2 aromatic rings. The maximum atomic E-state index is 13.6. The molecule has 2 rings (SSSR count). The van der Waals surface area contributed by atoms with E-state index in [0.29, 0.717) is 12.2 Å². The summed E-state index contributed by atoms with van der Waals surface area (Å²) < 4.78 is 18.7. The number of hydrogen-bond acceptors (Lipinski definition) is 2. The summed E-state index contributed by atoms with van der Waals surface area (Å²) in [5.74, 6) is -0.148. The van der Waals surface area contributed by atoms with Crippen LogP contribution in [-0.2, 0) is 17.9 Å². The van der Waals surface area contributed by atoms with Gasteiger partial charge in [-0.05, 0) is 42.2 Å². The van der Waals surface area contributed by atoms with Crippen molar-refractivity contribution in [3.8, 4) is 0 Å². The number of benzene rings is 2. The van der Waals surface area contributed by atoms with E-state index in [4.69, 9.17) is 4.74 Å². The summed E-state index contributed by atoms with van der Waals surface area (Å²) in [7, 11) is 1.69. The molecule has 0 amide bonds. The molecule has 0 aliphatic carbocycles. The smallest absolute Gasteiger partial charge is 0.126 e. The van der Waals surface area contributed by atoms with Crippen LogP contribution in [0.1, 0.15) is 35.2 Å². The van der Waals surface area contributed by atoms with Crippen LogP contribution >= 0.6 is 0 Å². The largest absolute Gasteiger partial charge is 0.380 e. The van der Waals surface area contributed by atoms with Gasteiger partial charge in [-0.2, -0.15) is 0 Å². The lowest BCUT2D eigenvalue weighted by atomic mass is 10.1. The zero-order chi connectivity index (χ0) is 15.2. The van der Waals surface area contributed by atoms with Crippen molar-refractivity contribution in [1.29, 1.82) is 0 Å². The fourth-order valence-electron chi connectivity index (χ4n) is 2.19. The molecule has 1 N–H and O–H groups in total. The molecule has 2 aromatic carbocycles. The van der Waals surface area contributed by atoms with Gasteiger partial charge >= 0.3 is 0 Å². The van der Waals surface area contributed by atoms with E-state index in [2.05, 4.69) is 29.6 Å². The van der Waals surface area contributed by atoms with Crippen molar-refractivity contribution in [2.75, 3.05) is 7.11 Å². The molecule has 0 aromatic heterocycles. The van der Waals surface area contributed by atoms with Crippen LogP contribution in [0, 0.1) is 12.7 Å². The van der Waals surface area contributed by atoms with Crippen molar-refractivity contribution in [2.45, 2.75) is 33.0 Å². The molecule has 0 aliphatic heterocycles. The van der Waals surface area contributed by atoms with Crippen molar-refractivity contribution >= 4 is 0 Å². The second-order valence-corrected chi connectivity index (χ2v) is 5.36. The SMILES string of the molecule is COCc1ccc(CNC(C)c2ccc(C)c(F)c2)cc1. The van der Waals surface area contributed by atoms with Gasteiger partial charge in [0.25, 0.3) is 0 Å². The topological polar surface area (TPSA) is 21.3 Å². The van der Waals surface area contributed by atoms with Crippen LogP contribution in [0.5, 0.6) is 0 Å². The molecule has 2 nitrogen and oxygen atoms in total. The standard InChI is InChI=1S/C18H22FNO/c1-13-4-9-17(10-18(13)19)14(2)20-11-15-5-7-16(8-6-15)12-21-3/h4-10,14,20H,11-12H2,1-3H3. The normalized spacial score (nSPS) is 12.4. The quantitative estimate of drug-likeness (QED) is 0.862. The molecular weight excluding hydrogens is 265 g/mol. The van der Waals surface area contributed by atoms with Gasteiger partial charge in [-0.25, -0.2) is 4.39 Å². The van der Waals surface area contributed by atoms with Gasteiger partial charge in [0.15, 0.2) is 0 Å². The minimum atomic E-state index is -0.148. The number of rotatable bonds is 6. The van der Waals surface area contributed by atoms with E-state index >= 15 is 0 Å². The van der Waals surface area contributed by atoms with E-state index < -0.39 is 0 Å². The number of halogens is 1. The molecule has 21 heavy (non-hydrogen) atoms. The van der Waals surface area contributed by atoms with Crippen LogP contribution in [0.3, 0.4) is 0 Å². The number of ether oxygens (including phenoxy) is 1. The highest BCUT2D eigenvalue weighted by Crippen LogP contribution is 2.17. The highest BCUT2D eigenvalue weighted by Gasteiger charge is 2.07. The molecule has 0 heterocycles. The van der Waals surface area contributed by atoms with Gasteiger partial charge in [0.2, 0.25) is 0 Å². The third-order valence-electron chi connectivity index (χ3n) is 3.64. The lowest BCUT2D eigenvalue weighted by Crippen LogP contribution is -2.18. The summed E-state index contributed by atoms with van der Waals surface area (Å²) in [5.41, 5.74) is 4.01. The maximum Gasteiger partial charge on any atom is 0.126 e. The molecule has 0 saturated carbocycles. The number of aryl methyl sites for hydroxylation is 1. The minimum absolute atomic E-state index is 0.110. The Morgan fingerprint density at radius 2 is 1.76 bits per heavy atom. The fraction of sp³-hybridized carbons (Fsp3) is 0.333. The molecule has 3 heteroatoms. The van der Waals surface area contributed by atoms with E-state index in [0.717, 1.165) is 17.7 Å². The Labute approximate surface area is 126 Å². The van der Waals surface area contributed by atoms with E-state index in [1.54, 1.807) is 20.1 Å². The van der Waals surface area contributed by atoms with E-state index in [1.807, 2.05) is 19.1 Å². The Bertz CT molecular complexity index is 580. The Morgan fingerprint density at radius 1 is 1.10 bits per heavy atom. The average Bonchev–Trinajstić information content (AvgIpc) is 2.49. The maximum absolute atomic E-state index is 13.6. The van der Waals surface area contributed by atoms with Crippen molar-refractivity contribution in [3.05, 3.63) is 70.5 Å². The summed E-state index contributed by atoms with van der Waals surface area (Å²) >= 11 is 0. The van der Waals surface area contributed by atoms with Gasteiger partial charge in [-0.3, -0.25) is 0 Å². The van der Waals surface area contributed by atoms with Gasteiger partial charge < -0.3 is 10.1 Å². The zero-order valence-corrected chi connectivity index (χ0v) is 12.8. The Hall–Kier alpha value is -1.71. The second-order valence-electron chi connectivity index (χ2n) is 5.36. The van der Waals surface area contributed by atoms with Crippen LogP contribution in [0.25, 0.3) is 0 Å². The molecule has 0 bridgehead atoms. The predicted octanol–water partition coefficient (Wildman–Crippen LogP) is 4.13. The number of hydrogen-bond donors (Lipinski definition) is 1. The average molecular weight is 287 g/mol. The summed E-state index contributed by atoms with van der Waals surface area (Å²) in [6.07, 6.45) is 0. The Morgan fingerprint density at radius 3 is 2.38 bits per heavy atom. The molecule has 0 fully saturated rings. The minimum Gasteiger partial charge on any atom is -0.380 e. The lowest BCUT2D eigenvalue weighted by molar-refractivity contribution is 0.185. The van der Waals surface area contributed by atoms with Crippen LogP contribution in [0.4, 0.5) is 4.39 Å². The molecule has 112 valence electrons. The first-order valence-corrected chi connectivity index (χ1v) is 7.16. The molecule has 1 unspecified atom stereocenters. The van der Waals surface area contributed by atoms with Gasteiger partial charge in [-0.15, -0.1) is 0 Å². The van der Waals surface area contributed by atoms with Gasteiger partial charge in [-0.1, -0.05) is 36.4 Å². The Balaban J connectivity index is 1.93. The Kier molecular flexibility index (Phi) is 5.48. The first-order valence-electron chi connectivity index (χ1n) is 7.16. The van der Waals surface area contributed by atoms with Crippen molar-refractivity contribution in [2.24, 2.45) is 0 Å². The number of methoxy groups -OCH3 is 1. The summed E-state index contributed by atoms with van der Waals surface area (Å²) in [6.45, 7) is 5.21. The molecule has 0 spiro atoms. The monoisotopic (exact) mass is 287 g/mol. The predicted molar refractivity (Wildman–Crippen MR) is 83.5 cm³/mol. The third kappa shape index (κ3) is 4.38. The third-order valence-corrected chi connectivity index (χ3v) is 3.64. The molecular formula is C18H22FNO. The van der Waals surface area contributed by atoms with Crippen LogP contribution in [0.2, 0.25) is 0 Å². The van der Waals surface area contributed by atoms with Crippen molar-refractivity contribution in [3.63, 3.8) is 0 Å². The second kappa shape index (κ2) is 7.34. The van der Waals surface area contributed by atoms with Gasteiger partial charge in [0, 0.05) is 19.7 Å². The highest BCUT2D eigenvalue weighted by atomic mass is 19.1. The summed E-state index contributed by atoms with van der Waals surface area (Å²) in [4.78, 5) is 0. The highest BCUT2D eigenvalue weighted by molar-refractivity contribution is 5.26. The van der Waals surface area contributed by atoms with E-state index in [9.17, 15) is 4.39 Å².